The minimum Gasteiger partial charge on any atom is -3.00 e. The molecular weight excluding hydrogens is 759 g/mol. The maximum Gasteiger partial charge on any atom is 0.354 e. The molecule has 0 aliphatic rings. The van der Waals surface area contributed by atoms with Crippen LogP contribution < -0.4 is 0 Å². The summed E-state index contributed by atoms with van der Waals surface area (Å²) in [5.41, 5.74) is -0.402. The molecular formula is C32H21F4IrN3O4-5. The number of carbonyl (C=O) groups excluding carboxylic acids is 2. The van der Waals surface area contributed by atoms with Crippen molar-refractivity contribution in [3.05, 3.63) is 138 Å². The maximum atomic E-state index is 13.9. The van der Waals surface area contributed by atoms with Gasteiger partial charge in [0.05, 0.1) is 23.3 Å². The van der Waals surface area contributed by atoms with Gasteiger partial charge in [-0.2, -0.15) is 0 Å². The van der Waals surface area contributed by atoms with E-state index in [9.17, 15) is 31.9 Å². The van der Waals surface area contributed by atoms with Crippen LogP contribution in [0.15, 0.2) is 85.3 Å². The van der Waals surface area contributed by atoms with Crippen LogP contribution in [0, 0.1) is 35.4 Å². The van der Waals surface area contributed by atoms with Crippen molar-refractivity contribution >= 4 is 17.5 Å². The number of pyridine rings is 3. The average molecular weight is 780 g/mol. The van der Waals surface area contributed by atoms with E-state index < -0.39 is 51.9 Å². The van der Waals surface area contributed by atoms with Crippen LogP contribution in [-0.2, 0) is 20.1 Å². The van der Waals surface area contributed by atoms with Gasteiger partial charge >= 0.3 is 5.97 Å². The Morgan fingerprint density at radius 2 is 1.02 bits per heavy atom. The molecule has 0 aliphatic heterocycles. The molecule has 0 bridgehead atoms. The number of hydrogen-bond donors (Lipinski definition) is 1. The second kappa shape index (κ2) is 16.6. The number of benzene rings is 2. The van der Waals surface area contributed by atoms with E-state index in [4.69, 9.17) is 5.11 Å². The minimum absolute atomic E-state index is 0. The van der Waals surface area contributed by atoms with Crippen LogP contribution >= 0.6 is 0 Å². The number of rotatable bonds is 5. The second-order valence-corrected chi connectivity index (χ2v) is 8.46. The summed E-state index contributed by atoms with van der Waals surface area (Å²) in [5.74, 6) is -5.97. The molecule has 2 aromatic carbocycles. The molecule has 0 amide bonds. The SMILES string of the molecule is CC(=O)c1c(F)c[c-]c(-c2ccccn2)c1F.CC(=O)c1c(F)c[c-]c(-c2ccccn2)c1F.O=C(O)c1ccccn1.[Ir-3]. The number of aromatic carboxylic acids is 1. The Morgan fingerprint density at radius 3 is 1.30 bits per heavy atom. The van der Waals surface area contributed by atoms with Gasteiger partial charge in [-0.15, -0.1) is 24.3 Å². The predicted molar refractivity (Wildman–Crippen MR) is 148 cm³/mol. The number of carboxylic acid groups (broad SMARTS) is 1. The quantitative estimate of drug-likeness (QED) is 0.118. The molecule has 0 aliphatic carbocycles. The van der Waals surface area contributed by atoms with Crippen molar-refractivity contribution in [2.75, 3.05) is 0 Å². The van der Waals surface area contributed by atoms with E-state index in [0.717, 1.165) is 26.0 Å². The summed E-state index contributed by atoms with van der Waals surface area (Å²) in [6, 6.07) is 21.4. The summed E-state index contributed by atoms with van der Waals surface area (Å²) >= 11 is 0. The number of nitrogens with zero attached hydrogens (tertiary/aromatic N) is 3. The average Bonchev–Trinajstić information content (AvgIpc) is 2.99. The van der Waals surface area contributed by atoms with Crippen LogP contribution in [0.25, 0.3) is 22.5 Å². The van der Waals surface area contributed by atoms with Gasteiger partial charge in [-0.25, -0.2) is 9.78 Å². The Kier molecular flexibility index (Phi) is 13.3. The largest absolute Gasteiger partial charge is 3.00 e. The van der Waals surface area contributed by atoms with Gasteiger partial charge in [0.2, 0.25) is 0 Å². The van der Waals surface area contributed by atoms with Crippen molar-refractivity contribution in [3.8, 4) is 22.5 Å². The van der Waals surface area contributed by atoms with Crippen molar-refractivity contribution in [3.63, 3.8) is 0 Å². The van der Waals surface area contributed by atoms with E-state index in [1.54, 1.807) is 48.5 Å². The summed E-state index contributed by atoms with van der Waals surface area (Å²) in [6.45, 7) is 2.23. The number of ketones is 2. The first-order chi connectivity index (χ1) is 20.5. The van der Waals surface area contributed by atoms with Gasteiger partial charge in [-0.1, -0.05) is 41.5 Å². The van der Waals surface area contributed by atoms with E-state index in [-0.39, 0.29) is 36.9 Å². The van der Waals surface area contributed by atoms with Crippen LogP contribution in [0.5, 0.6) is 0 Å². The molecule has 5 aromatic rings. The number of hydrogen-bond acceptors (Lipinski definition) is 6. The summed E-state index contributed by atoms with van der Waals surface area (Å²) in [7, 11) is 0. The molecule has 1 N–H and O–H groups in total. The van der Waals surface area contributed by atoms with Crippen molar-refractivity contribution < 1.29 is 57.2 Å². The minimum atomic E-state index is -0.990. The maximum absolute atomic E-state index is 13.9. The van der Waals surface area contributed by atoms with Crippen LogP contribution in [0.3, 0.4) is 0 Å². The zero-order valence-electron chi connectivity index (χ0n) is 22.9. The third kappa shape index (κ3) is 9.03. The Hall–Kier alpha value is -4.93. The Labute approximate surface area is 263 Å². The van der Waals surface area contributed by atoms with Crippen molar-refractivity contribution in [2.24, 2.45) is 0 Å². The number of halogens is 4. The number of Topliss-reactive ketones (excluding diaryl/α,β-unsaturated/α-hetero) is 2. The third-order valence-electron chi connectivity index (χ3n) is 5.47. The van der Waals surface area contributed by atoms with Gasteiger partial charge in [0.15, 0.2) is 0 Å². The Balaban J connectivity index is 0.000000239. The monoisotopic (exact) mass is 780 g/mol. The van der Waals surface area contributed by atoms with Gasteiger partial charge in [0.25, 0.3) is 0 Å². The zero-order chi connectivity index (χ0) is 31.5. The van der Waals surface area contributed by atoms with Gasteiger partial charge in [0, 0.05) is 29.7 Å². The van der Waals surface area contributed by atoms with E-state index in [1.165, 1.54) is 24.7 Å². The normalized spacial score (nSPS) is 9.77. The molecule has 0 radical (unpaired) electrons. The van der Waals surface area contributed by atoms with E-state index >= 15 is 0 Å². The Bertz CT molecular complexity index is 1640. The summed E-state index contributed by atoms with van der Waals surface area (Å²) < 4.78 is 54.4. The molecule has 230 valence electrons. The molecule has 0 atom stereocenters. The molecule has 0 saturated carbocycles. The van der Waals surface area contributed by atoms with Crippen molar-refractivity contribution in [1.29, 1.82) is 0 Å². The molecule has 44 heavy (non-hydrogen) atoms. The van der Waals surface area contributed by atoms with Gasteiger partial charge in [-0.3, -0.25) is 27.2 Å². The predicted octanol–water partition coefficient (Wildman–Crippen LogP) is 6.84. The first-order valence-corrected chi connectivity index (χ1v) is 12.3. The first-order valence-electron chi connectivity index (χ1n) is 12.3. The molecule has 0 fully saturated rings. The molecule has 3 heterocycles. The Morgan fingerprint density at radius 1 is 0.636 bits per heavy atom. The smallest absolute Gasteiger partial charge is 0.354 e. The van der Waals surface area contributed by atoms with E-state index in [0.29, 0.717) is 11.4 Å². The topological polar surface area (TPSA) is 110 Å². The standard InChI is InChI=1S/2C13H8F2NO.C6H5NO2.Ir/c2*1-8(17)12-10(14)6-5-9(13(12)15)11-4-2-3-7-16-11;8-6(9)5-3-1-2-4-7-5;/h2*2-4,6-7H,1H3;1-4H,(H,8,9);/q2*-1;;-3. The fourth-order valence-electron chi connectivity index (χ4n) is 3.53. The molecule has 0 unspecified atom stereocenters. The fraction of sp³-hybridized carbons (Fsp3) is 0.0625. The first kappa shape index (κ1) is 35.3. The van der Waals surface area contributed by atoms with E-state index in [1.807, 2.05) is 0 Å². The molecule has 5 rings (SSSR count). The number of carbonyl (C=O) groups is 3. The summed E-state index contributed by atoms with van der Waals surface area (Å²) in [4.78, 5) is 43.9. The summed E-state index contributed by atoms with van der Waals surface area (Å²) in [5, 5.41) is 8.32. The van der Waals surface area contributed by atoms with Crippen LogP contribution in [0.1, 0.15) is 45.1 Å². The number of carboxylic acids is 1. The van der Waals surface area contributed by atoms with Gasteiger partial charge < -0.3 is 35.2 Å². The summed E-state index contributed by atoms with van der Waals surface area (Å²) in [6.07, 6.45) is 4.42. The van der Waals surface area contributed by atoms with Gasteiger partial charge in [-0.05, 0) is 49.5 Å². The van der Waals surface area contributed by atoms with Gasteiger partial charge in [0.1, 0.15) is 17.3 Å². The molecule has 12 heteroatoms. The van der Waals surface area contributed by atoms with Crippen LogP contribution in [0.4, 0.5) is 17.6 Å². The van der Waals surface area contributed by atoms with Crippen molar-refractivity contribution in [2.45, 2.75) is 13.8 Å². The zero-order valence-corrected chi connectivity index (χ0v) is 25.3. The molecule has 3 aromatic heterocycles. The van der Waals surface area contributed by atoms with Crippen LogP contribution in [0.2, 0.25) is 0 Å². The second-order valence-electron chi connectivity index (χ2n) is 8.46. The molecule has 0 saturated heterocycles. The third-order valence-corrected chi connectivity index (χ3v) is 5.47. The molecule has 7 nitrogen and oxygen atoms in total. The number of aromatic nitrogens is 3. The van der Waals surface area contributed by atoms with Crippen LogP contribution in [-0.4, -0.2) is 37.6 Å². The molecule has 0 spiro atoms. The van der Waals surface area contributed by atoms with Crippen molar-refractivity contribution in [1.82, 2.24) is 15.0 Å². The fourth-order valence-corrected chi connectivity index (χ4v) is 3.53. The van der Waals surface area contributed by atoms with E-state index in [2.05, 4.69) is 27.1 Å².